The summed E-state index contributed by atoms with van der Waals surface area (Å²) in [7, 11) is 0. The molecule has 0 bridgehead atoms. The van der Waals surface area contributed by atoms with Gasteiger partial charge in [-0.2, -0.15) is 0 Å². The maximum Gasteiger partial charge on any atom is 0.251 e. The Bertz CT molecular complexity index is 1350. The molecule has 0 fully saturated rings. The SMILES string of the molecule is CCOc1ccc(CCCNC(=O)c2ccc3c(c2)CN(Cc2cccnc2)CCCCCCCN3C(C)=O)cc1OCC. The lowest BCUT2D eigenvalue weighted by Gasteiger charge is -2.29. The number of nitrogens with one attached hydrogen (secondary N) is 1. The van der Waals surface area contributed by atoms with Gasteiger partial charge in [0.1, 0.15) is 0 Å². The Kier molecular flexibility index (Phi) is 13.0. The molecule has 3 aromatic rings. The molecule has 1 N–H and O–H groups in total. The first-order valence-corrected chi connectivity index (χ1v) is 16.2. The first kappa shape index (κ1) is 33.0. The third-order valence-corrected chi connectivity index (χ3v) is 7.93. The molecule has 0 aliphatic carbocycles. The van der Waals surface area contributed by atoms with E-state index in [2.05, 4.69) is 27.3 Å². The van der Waals surface area contributed by atoms with E-state index in [9.17, 15) is 9.59 Å². The van der Waals surface area contributed by atoms with Gasteiger partial charge < -0.3 is 19.7 Å². The van der Waals surface area contributed by atoms with Crippen molar-refractivity contribution in [2.24, 2.45) is 0 Å². The van der Waals surface area contributed by atoms with Crippen molar-refractivity contribution in [3.8, 4) is 11.5 Å². The number of carbonyl (C=O) groups excluding carboxylic acids is 2. The van der Waals surface area contributed by atoms with E-state index < -0.39 is 0 Å². The number of fused-ring (bicyclic) bond motifs is 1. The Morgan fingerprint density at radius 2 is 1.66 bits per heavy atom. The lowest BCUT2D eigenvalue weighted by atomic mass is 10.0. The summed E-state index contributed by atoms with van der Waals surface area (Å²) in [5.74, 6) is 1.44. The summed E-state index contributed by atoms with van der Waals surface area (Å²) in [6, 6.07) is 15.9. The zero-order chi connectivity index (χ0) is 31.1. The number of aryl methyl sites for hydroxylation is 1. The number of aromatic nitrogens is 1. The van der Waals surface area contributed by atoms with Crippen molar-refractivity contribution in [1.29, 1.82) is 0 Å². The van der Waals surface area contributed by atoms with Crippen LogP contribution in [0.25, 0.3) is 0 Å². The van der Waals surface area contributed by atoms with Crippen molar-refractivity contribution >= 4 is 17.5 Å². The molecule has 2 amide bonds. The summed E-state index contributed by atoms with van der Waals surface area (Å²) in [4.78, 5) is 34.7. The molecule has 4 rings (SSSR count). The maximum atomic E-state index is 13.3. The molecular formula is C36H48N4O4. The molecule has 44 heavy (non-hydrogen) atoms. The first-order valence-electron chi connectivity index (χ1n) is 16.2. The van der Waals surface area contributed by atoms with E-state index in [-0.39, 0.29) is 11.8 Å². The summed E-state index contributed by atoms with van der Waals surface area (Å²) in [6.07, 6.45) is 10.8. The number of benzene rings is 2. The van der Waals surface area contributed by atoms with E-state index in [0.29, 0.717) is 38.4 Å². The van der Waals surface area contributed by atoms with Crippen LogP contribution >= 0.6 is 0 Å². The molecule has 236 valence electrons. The van der Waals surface area contributed by atoms with Crippen molar-refractivity contribution in [3.05, 3.63) is 83.2 Å². The van der Waals surface area contributed by atoms with Crippen LogP contribution in [-0.4, -0.2) is 54.5 Å². The van der Waals surface area contributed by atoms with Crippen LogP contribution < -0.4 is 19.7 Å². The van der Waals surface area contributed by atoms with E-state index in [1.54, 1.807) is 13.1 Å². The number of hydrogen-bond donors (Lipinski definition) is 1. The quantitative estimate of drug-likeness (QED) is 0.251. The summed E-state index contributed by atoms with van der Waals surface area (Å²) < 4.78 is 11.4. The van der Waals surface area contributed by atoms with Gasteiger partial charge in [-0.1, -0.05) is 31.4 Å². The highest BCUT2D eigenvalue weighted by molar-refractivity contribution is 5.97. The Labute approximate surface area is 262 Å². The van der Waals surface area contributed by atoms with Gasteiger partial charge in [0.2, 0.25) is 5.91 Å². The van der Waals surface area contributed by atoms with Gasteiger partial charge in [-0.3, -0.25) is 19.5 Å². The minimum Gasteiger partial charge on any atom is -0.490 e. The zero-order valence-electron chi connectivity index (χ0n) is 26.6. The van der Waals surface area contributed by atoms with Gasteiger partial charge in [0.05, 0.1) is 13.2 Å². The molecule has 0 saturated heterocycles. The minimum atomic E-state index is -0.103. The highest BCUT2D eigenvalue weighted by Gasteiger charge is 2.20. The molecule has 8 heteroatoms. The number of anilines is 1. The maximum absolute atomic E-state index is 13.3. The highest BCUT2D eigenvalue weighted by Crippen LogP contribution is 2.29. The number of hydrogen-bond acceptors (Lipinski definition) is 6. The van der Waals surface area contributed by atoms with Crippen molar-refractivity contribution in [2.75, 3.05) is 37.7 Å². The van der Waals surface area contributed by atoms with Gasteiger partial charge in [-0.05, 0) is 99.2 Å². The number of pyridine rings is 1. The molecule has 0 atom stereocenters. The molecule has 0 unspecified atom stereocenters. The standard InChI is InChI=1S/C36H48N4O4/c1-4-43-34-18-15-29(23-35(34)44-5-2)13-12-20-38-36(42)31-16-17-33-32(24-31)27-39(26-30-14-11-19-37-25-30)21-9-7-6-8-10-22-40(33)28(3)41/h11,14-19,23-25H,4-10,12-13,20-22,26-27H2,1-3H3,(H,38,42). The fourth-order valence-corrected chi connectivity index (χ4v) is 5.75. The number of amides is 2. The highest BCUT2D eigenvalue weighted by atomic mass is 16.5. The topological polar surface area (TPSA) is 84.0 Å². The molecule has 0 radical (unpaired) electrons. The molecule has 1 aliphatic heterocycles. The van der Waals surface area contributed by atoms with Gasteiger partial charge in [0.15, 0.2) is 11.5 Å². The van der Waals surface area contributed by atoms with Crippen LogP contribution in [0.2, 0.25) is 0 Å². The third kappa shape index (κ3) is 9.81. The van der Waals surface area contributed by atoms with Crippen molar-refractivity contribution in [2.45, 2.75) is 78.8 Å². The average Bonchev–Trinajstić information content (AvgIpc) is 3.01. The Morgan fingerprint density at radius 1 is 0.886 bits per heavy atom. The lowest BCUT2D eigenvalue weighted by Crippen LogP contribution is -2.33. The molecule has 2 aromatic carbocycles. The molecule has 1 aromatic heterocycles. The number of ether oxygens (including phenoxy) is 2. The Morgan fingerprint density at radius 3 is 2.41 bits per heavy atom. The van der Waals surface area contributed by atoms with Gasteiger partial charge in [0, 0.05) is 56.7 Å². The minimum absolute atomic E-state index is 0.0288. The second kappa shape index (κ2) is 17.4. The monoisotopic (exact) mass is 600 g/mol. The predicted molar refractivity (Wildman–Crippen MR) is 175 cm³/mol. The molecule has 0 saturated carbocycles. The second-order valence-corrected chi connectivity index (χ2v) is 11.4. The first-order chi connectivity index (χ1) is 21.5. The van der Waals surface area contributed by atoms with Gasteiger partial charge in [0.25, 0.3) is 5.91 Å². The largest absolute Gasteiger partial charge is 0.490 e. The van der Waals surface area contributed by atoms with Crippen molar-refractivity contribution in [3.63, 3.8) is 0 Å². The predicted octanol–water partition coefficient (Wildman–Crippen LogP) is 6.56. The number of carbonyl (C=O) groups is 2. The number of rotatable bonds is 11. The van der Waals surface area contributed by atoms with Gasteiger partial charge >= 0.3 is 0 Å². The van der Waals surface area contributed by atoms with Crippen LogP contribution in [0.1, 0.15) is 86.3 Å². The van der Waals surface area contributed by atoms with Crippen LogP contribution in [0, 0.1) is 0 Å². The fourth-order valence-electron chi connectivity index (χ4n) is 5.75. The Hall–Kier alpha value is -3.91. The van der Waals surface area contributed by atoms with Crippen LogP contribution in [0.3, 0.4) is 0 Å². The van der Waals surface area contributed by atoms with Crippen LogP contribution in [0.15, 0.2) is 60.9 Å². The second-order valence-electron chi connectivity index (χ2n) is 11.4. The zero-order valence-corrected chi connectivity index (χ0v) is 26.6. The van der Waals surface area contributed by atoms with E-state index in [0.717, 1.165) is 79.1 Å². The van der Waals surface area contributed by atoms with Crippen molar-refractivity contribution < 1.29 is 19.1 Å². The van der Waals surface area contributed by atoms with E-state index in [4.69, 9.17) is 9.47 Å². The van der Waals surface area contributed by atoms with Gasteiger partial charge in [-0.15, -0.1) is 0 Å². The van der Waals surface area contributed by atoms with E-state index in [1.165, 1.54) is 12.8 Å². The van der Waals surface area contributed by atoms with Crippen LogP contribution in [0.4, 0.5) is 5.69 Å². The van der Waals surface area contributed by atoms with Crippen LogP contribution in [0.5, 0.6) is 11.5 Å². The summed E-state index contributed by atoms with van der Waals surface area (Å²) in [5.41, 5.74) is 4.80. The average molecular weight is 601 g/mol. The summed E-state index contributed by atoms with van der Waals surface area (Å²) >= 11 is 0. The normalized spacial score (nSPS) is 14.6. The molecule has 8 nitrogen and oxygen atoms in total. The smallest absolute Gasteiger partial charge is 0.251 e. The summed E-state index contributed by atoms with van der Waals surface area (Å²) in [5, 5.41) is 3.10. The van der Waals surface area contributed by atoms with Gasteiger partial charge in [-0.25, -0.2) is 0 Å². The number of nitrogens with zero attached hydrogens (tertiary/aromatic N) is 3. The Balaban J connectivity index is 1.47. The fraction of sp³-hybridized carbons (Fsp3) is 0.472. The van der Waals surface area contributed by atoms with Crippen LogP contribution in [-0.2, 0) is 24.3 Å². The van der Waals surface area contributed by atoms with E-state index >= 15 is 0 Å². The molecule has 0 spiro atoms. The van der Waals surface area contributed by atoms with Crippen molar-refractivity contribution in [1.82, 2.24) is 15.2 Å². The molecular weight excluding hydrogens is 552 g/mol. The lowest BCUT2D eigenvalue weighted by molar-refractivity contribution is -0.116. The summed E-state index contributed by atoms with van der Waals surface area (Å²) in [6.45, 7) is 10.3. The van der Waals surface area contributed by atoms with E-state index in [1.807, 2.05) is 61.3 Å². The molecule has 1 aliphatic rings. The third-order valence-electron chi connectivity index (χ3n) is 7.93. The molecule has 2 heterocycles.